The van der Waals surface area contributed by atoms with Crippen molar-refractivity contribution in [2.24, 2.45) is 0 Å². The third-order valence-electron chi connectivity index (χ3n) is 4.46. The molecule has 0 saturated carbocycles. The second-order valence-corrected chi connectivity index (χ2v) is 7.08. The van der Waals surface area contributed by atoms with Gasteiger partial charge in [0.15, 0.2) is 5.58 Å². The molecule has 1 N–H and O–H groups in total. The Bertz CT molecular complexity index is 1120. The maximum Gasteiger partial charge on any atom is 0.419 e. The first kappa shape index (κ1) is 21.1. The van der Waals surface area contributed by atoms with Gasteiger partial charge in [-0.15, -0.1) is 0 Å². The number of rotatable bonds is 9. The van der Waals surface area contributed by atoms with E-state index in [9.17, 15) is 19.7 Å². The van der Waals surface area contributed by atoms with Crippen molar-refractivity contribution in [3.63, 3.8) is 0 Å². The molecular formula is C21H23N3O6. The highest BCUT2D eigenvalue weighted by Gasteiger charge is 2.14. The van der Waals surface area contributed by atoms with Gasteiger partial charge in [-0.1, -0.05) is 18.2 Å². The Hall–Kier alpha value is -3.62. The molecule has 0 aliphatic carbocycles. The number of amides is 1. The summed E-state index contributed by atoms with van der Waals surface area (Å²) in [6.07, 6.45) is 0.673. The van der Waals surface area contributed by atoms with Crippen LogP contribution in [-0.4, -0.2) is 21.5 Å². The van der Waals surface area contributed by atoms with Crippen LogP contribution in [0.4, 0.5) is 5.69 Å². The summed E-state index contributed by atoms with van der Waals surface area (Å²) in [6, 6.07) is 11.5. The lowest BCUT2D eigenvalue weighted by Gasteiger charge is -2.14. The second-order valence-electron chi connectivity index (χ2n) is 7.08. The molecule has 158 valence electrons. The average molecular weight is 413 g/mol. The number of non-ortho nitro benzene ring substituents is 1. The summed E-state index contributed by atoms with van der Waals surface area (Å²) in [5.41, 5.74) is 1.36. The smallest absolute Gasteiger partial charge is 0.419 e. The van der Waals surface area contributed by atoms with Gasteiger partial charge in [0, 0.05) is 31.1 Å². The second kappa shape index (κ2) is 9.25. The Kier molecular flexibility index (Phi) is 6.51. The predicted octanol–water partition coefficient (Wildman–Crippen LogP) is 3.39. The van der Waals surface area contributed by atoms with Crippen LogP contribution < -0.4 is 15.8 Å². The van der Waals surface area contributed by atoms with Gasteiger partial charge in [-0.3, -0.25) is 19.5 Å². The third-order valence-corrected chi connectivity index (χ3v) is 4.46. The van der Waals surface area contributed by atoms with Crippen LogP contribution in [0.3, 0.4) is 0 Å². The highest BCUT2D eigenvalue weighted by molar-refractivity contribution is 5.76. The number of carbonyl (C=O) groups excluding carboxylic acids is 1. The number of nitro benzene ring substituents is 1. The fraction of sp³-hybridized carbons (Fsp3) is 0.333. The summed E-state index contributed by atoms with van der Waals surface area (Å²) >= 11 is 0. The number of nitrogens with one attached hydrogen (secondary N) is 1. The monoisotopic (exact) mass is 413 g/mol. The minimum absolute atomic E-state index is 0.0337. The predicted molar refractivity (Wildman–Crippen MR) is 110 cm³/mol. The SMILES string of the molecule is CC(C)Oc1ccccc1CNC(=O)CCCn1c(=O)oc2cc([N+](=O)[O-])ccc21. The molecule has 0 atom stereocenters. The first-order chi connectivity index (χ1) is 14.3. The molecular weight excluding hydrogens is 390 g/mol. The van der Waals surface area contributed by atoms with E-state index in [0.717, 1.165) is 11.3 Å². The molecule has 0 spiro atoms. The molecule has 0 unspecified atom stereocenters. The summed E-state index contributed by atoms with van der Waals surface area (Å²) in [5.74, 6) is -0.0187. The van der Waals surface area contributed by atoms with Crippen LogP contribution in [-0.2, 0) is 17.9 Å². The van der Waals surface area contributed by atoms with E-state index in [1.54, 1.807) is 0 Å². The molecule has 0 fully saturated rings. The lowest BCUT2D eigenvalue weighted by Crippen LogP contribution is -2.24. The number of oxazole rings is 1. The number of aryl methyl sites for hydroxylation is 1. The number of benzene rings is 2. The maximum atomic E-state index is 12.2. The average Bonchev–Trinajstić information content (AvgIpc) is 3.01. The van der Waals surface area contributed by atoms with E-state index in [4.69, 9.17) is 9.15 Å². The standard InChI is InChI=1S/C21H23N3O6/c1-14(2)29-18-7-4-3-6-15(18)13-22-20(25)8-5-11-23-17-10-9-16(24(27)28)12-19(17)30-21(23)26/h3-4,6-7,9-10,12,14H,5,8,11,13H2,1-2H3,(H,22,25). The zero-order valence-corrected chi connectivity index (χ0v) is 16.8. The zero-order chi connectivity index (χ0) is 21.7. The number of carbonyl (C=O) groups is 1. The Morgan fingerprint density at radius 2 is 2.03 bits per heavy atom. The lowest BCUT2D eigenvalue weighted by atomic mass is 10.2. The number of nitro groups is 1. The highest BCUT2D eigenvalue weighted by Crippen LogP contribution is 2.21. The van der Waals surface area contributed by atoms with Gasteiger partial charge in [-0.05, 0) is 32.4 Å². The number of ether oxygens (including phenoxy) is 1. The van der Waals surface area contributed by atoms with Crippen molar-refractivity contribution >= 4 is 22.7 Å². The Morgan fingerprint density at radius 3 is 2.77 bits per heavy atom. The van der Waals surface area contributed by atoms with Crippen molar-refractivity contribution in [1.82, 2.24) is 9.88 Å². The van der Waals surface area contributed by atoms with Gasteiger partial charge < -0.3 is 14.5 Å². The Balaban J connectivity index is 1.56. The van der Waals surface area contributed by atoms with E-state index in [2.05, 4.69) is 5.32 Å². The van der Waals surface area contributed by atoms with Crippen molar-refractivity contribution in [3.8, 4) is 5.75 Å². The first-order valence-electron chi connectivity index (χ1n) is 9.64. The third kappa shape index (κ3) is 5.05. The molecule has 3 rings (SSSR count). The Morgan fingerprint density at radius 1 is 1.27 bits per heavy atom. The van der Waals surface area contributed by atoms with Crippen LogP contribution in [0.5, 0.6) is 5.75 Å². The number of fused-ring (bicyclic) bond motifs is 1. The lowest BCUT2D eigenvalue weighted by molar-refractivity contribution is -0.384. The molecule has 1 amide bonds. The van der Waals surface area contributed by atoms with Crippen molar-refractivity contribution in [1.29, 1.82) is 0 Å². The summed E-state index contributed by atoms with van der Waals surface area (Å²) in [7, 11) is 0. The van der Waals surface area contributed by atoms with Gasteiger partial charge in [-0.2, -0.15) is 0 Å². The van der Waals surface area contributed by atoms with E-state index >= 15 is 0 Å². The molecule has 9 nitrogen and oxygen atoms in total. The van der Waals surface area contributed by atoms with Crippen molar-refractivity contribution in [2.75, 3.05) is 0 Å². The number of hydrogen-bond donors (Lipinski definition) is 1. The van der Waals surface area contributed by atoms with Gasteiger partial charge >= 0.3 is 5.76 Å². The van der Waals surface area contributed by atoms with Gasteiger partial charge in [0.25, 0.3) is 5.69 Å². The van der Waals surface area contributed by atoms with E-state index < -0.39 is 10.7 Å². The van der Waals surface area contributed by atoms with Crippen molar-refractivity contribution < 1.29 is 18.9 Å². The van der Waals surface area contributed by atoms with Crippen LogP contribution in [0.25, 0.3) is 11.1 Å². The molecule has 0 aliphatic heterocycles. The first-order valence-corrected chi connectivity index (χ1v) is 9.64. The summed E-state index contributed by atoms with van der Waals surface area (Å²) in [6.45, 7) is 4.49. The van der Waals surface area contributed by atoms with Crippen molar-refractivity contribution in [2.45, 2.75) is 45.9 Å². The van der Waals surface area contributed by atoms with Gasteiger partial charge in [0.2, 0.25) is 5.91 Å². The molecule has 0 saturated heterocycles. The number of hydrogen-bond acceptors (Lipinski definition) is 6. The van der Waals surface area contributed by atoms with Crippen LogP contribution in [0.15, 0.2) is 51.7 Å². The zero-order valence-electron chi connectivity index (χ0n) is 16.8. The molecule has 30 heavy (non-hydrogen) atoms. The number of nitrogens with zero attached hydrogens (tertiary/aromatic N) is 2. The molecule has 1 heterocycles. The minimum atomic E-state index is -0.606. The van der Waals surface area contributed by atoms with Crippen LogP contribution in [0, 0.1) is 10.1 Å². The molecule has 9 heteroatoms. The topological polar surface area (TPSA) is 117 Å². The molecule has 0 aliphatic rings. The van der Waals surface area contributed by atoms with E-state index in [0.29, 0.717) is 18.5 Å². The molecule has 1 aromatic heterocycles. The fourth-order valence-electron chi connectivity index (χ4n) is 3.08. The van der Waals surface area contributed by atoms with Gasteiger partial charge in [-0.25, -0.2) is 4.79 Å². The summed E-state index contributed by atoms with van der Waals surface area (Å²) in [5, 5.41) is 13.7. The van der Waals surface area contributed by atoms with Crippen molar-refractivity contribution in [3.05, 3.63) is 68.7 Å². The van der Waals surface area contributed by atoms with Gasteiger partial charge in [0.05, 0.1) is 22.6 Å². The quantitative estimate of drug-likeness (QED) is 0.424. The fourth-order valence-corrected chi connectivity index (χ4v) is 3.08. The largest absolute Gasteiger partial charge is 0.491 e. The molecule has 0 bridgehead atoms. The normalized spacial score (nSPS) is 11.0. The van der Waals surface area contributed by atoms with E-state index in [-0.39, 0.29) is 36.2 Å². The van der Waals surface area contributed by atoms with Crippen LogP contribution in [0.1, 0.15) is 32.3 Å². The maximum absolute atomic E-state index is 12.2. The number of aromatic nitrogens is 1. The number of para-hydroxylation sites is 1. The highest BCUT2D eigenvalue weighted by atomic mass is 16.6. The molecule has 3 aromatic rings. The van der Waals surface area contributed by atoms with Crippen LogP contribution >= 0.6 is 0 Å². The molecule has 2 aromatic carbocycles. The summed E-state index contributed by atoms with van der Waals surface area (Å²) in [4.78, 5) is 34.5. The van der Waals surface area contributed by atoms with E-state index in [1.165, 1.54) is 22.8 Å². The summed E-state index contributed by atoms with van der Waals surface area (Å²) < 4.78 is 12.2. The minimum Gasteiger partial charge on any atom is -0.491 e. The van der Waals surface area contributed by atoms with Crippen LogP contribution in [0.2, 0.25) is 0 Å². The van der Waals surface area contributed by atoms with E-state index in [1.807, 2.05) is 38.1 Å². The molecule has 0 radical (unpaired) electrons. The van der Waals surface area contributed by atoms with Gasteiger partial charge in [0.1, 0.15) is 5.75 Å². The Labute approximate surface area is 172 Å².